The molecule has 1 saturated heterocycles. The predicted octanol–water partition coefficient (Wildman–Crippen LogP) is 2.20. The van der Waals surface area contributed by atoms with Gasteiger partial charge in [0.15, 0.2) is 5.13 Å². The number of carbonyl (C=O) groups excluding carboxylic acids is 1. The molecule has 1 aromatic heterocycles. The first-order valence-corrected chi connectivity index (χ1v) is 7.71. The summed E-state index contributed by atoms with van der Waals surface area (Å²) in [5.41, 5.74) is 5.91. The molecule has 0 spiro atoms. The molecule has 2 heterocycles. The highest BCUT2D eigenvalue weighted by Crippen LogP contribution is 2.29. The van der Waals surface area contributed by atoms with Crippen molar-refractivity contribution in [3.63, 3.8) is 0 Å². The van der Waals surface area contributed by atoms with Crippen molar-refractivity contribution in [3.05, 3.63) is 4.88 Å². The first kappa shape index (κ1) is 14.1. The lowest BCUT2D eigenvalue weighted by Gasteiger charge is -2.19. The third kappa shape index (κ3) is 3.18. The standard InChI is InChI=1S/C13H22N4OS/c1-3-16(2)13-15-11(14)10(19-13)12(18)17-8-6-4-5-7-9-17/h3-9,14H2,1-2H3. The van der Waals surface area contributed by atoms with Crippen molar-refractivity contribution in [1.29, 1.82) is 0 Å². The molecule has 0 radical (unpaired) electrons. The zero-order valence-electron chi connectivity index (χ0n) is 11.7. The Labute approximate surface area is 118 Å². The van der Waals surface area contributed by atoms with Crippen molar-refractivity contribution < 1.29 is 4.79 Å². The number of hydrogen-bond acceptors (Lipinski definition) is 5. The Hall–Kier alpha value is -1.30. The van der Waals surface area contributed by atoms with Crippen LogP contribution < -0.4 is 10.6 Å². The number of aromatic nitrogens is 1. The highest BCUT2D eigenvalue weighted by atomic mass is 32.1. The summed E-state index contributed by atoms with van der Waals surface area (Å²) in [6.07, 6.45) is 4.61. The van der Waals surface area contributed by atoms with Crippen molar-refractivity contribution in [3.8, 4) is 0 Å². The van der Waals surface area contributed by atoms with E-state index in [1.165, 1.54) is 24.2 Å². The minimum absolute atomic E-state index is 0.0488. The van der Waals surface area contributed by atoms with Crippen LogP contribution in [-0.2, 0) is 0 Å². The smallest absolute Gasteiger partial charge is 0.267 e. The van der Waals surface area contributed by atoms with E-state index in [2.05, 4.69) is 4.98 Å². The van der Waals surface area contributed by atoms with Gasteiger partial charge in [0.1, 0.15) is 10.7 Å². The second-order valence-electron chi connectivity index (χ2n) is 4.93. The van der Waals surface area contributed by atoms with E-state index in [1.54, 1.807) is 0 Å². The first-order valence-electron chi connectivity index (χ1n) is 6.90. The van der Waals surface area contributed by atoms with Crippen LogP contribution in [-0.4, -0.2) is 42.5 Å². The van der Waals surface area contributed by atoms with E-state index in [9.17, 15) is 4.79 Å². The van der Waals surface area contributed by atoms with Crippen LogP contribution in [0, 0.1) is 0 Å². The molecule has 0 saturated carbocycles. The summed E-state index contributed by atoms with van der Waals surface area (Å²) in [6, 6.07) is 0. The maximum absolute atomic E-state index is 12.5. The van der Waals surface area contributed by atoms with Gasteiger partial charge in [0.2, 0.25) is 0 Å². The quantitative estimate of drug-likeness (QED) is 0.923. The van der Waals surface area contributed by atoms with Crippen LogP contribution in [0.25, 0.3) is 0 Å². The summed E-state index contributed by atoms with van der Waals surface area (Å²) >= 11 is 1.40. The molecule has 2 N–H and O–H groups in total. The third-order valence-corrected chi connectivity index (χ3v) is 4.70. The molecule has 0 bridgehead atoms. The van der Waals surface area contributed by atoms with Gasteiger partial charge in [0.05, 0.1) is 0 Å². The second kappa shape index (κ2) is 6.23. The number of nitrogens with two attached hydrogens (primary N) is 1. The van der Waals surface area contributed by atoms with Gasteiger partial charge >= 0.3 is 0 Å². The molecule has 0 unspecified atom stereocenters. The molecule has 1 aliphatic rings. The van der Waals surface area contributed by atoms with Gasteiger partial charge in [0.25, 0.3) is 5.91 Å². The van der Waals surface area contributed by atoms with E-state index in [-0.39, 0.29) is 5.91 Å². The number of carbonyl (C=O) groups is 1. The lowest BCUT2D eigenvalue weighted by atomic mass is 10.2. The number of nitrogen functional groups attached to an aromatic ring is 1. The van der Waals surface area contributed by atoms with Crippen molar-refractivity contribution in [2.75, 3.05) is 37.3 Å². The van der Waals surface area contributed by atoms with Gasteiger partial charge in [-0.25, -0.2) is 4.98 Å². The summed E-state index contributed by atoms with van der Waals surface area (Å²) in [5, 5.41) is 0.818. The van der Waals surface area contributed by atoms with E-state index >= 15 is 0 Å². The fraction of sp³-hybridized carbons (Fsp3) is 0.692. The van der Waals surface area contributed by atoms with Gasteiger partial charge in [-0.15, -0.1) is 0 Å². The number of anilines is 2. The molecule has 6 heteroatoms. The molecule has 106 valence electrons. The maximum Gasteiger partial charge on any atom is 0.267 e. The molecule has 0 aromatic carbocycles. The highest BCUT2D eigenvalue weighted by molar-refractivity contribution is 7.18. The van der Waals surface area contributed by atoms with E-state index in [1.807, 2.05) is 23.8 Å². The number of hydrogen-bond donors (Lipinski definition) is 1. The summed E-state index contributed by atoms with van der Waals surface area (Å²) in [5.74, 6) is 0.419. The Balaban J connectivity index is 2.16. The molecule has 1 amide bonds. The van der Waals surface area contributed by atoms with Crippen LogP contribution in [0.15, 0.2) is 0 Å². The summed E-state index contributed by atoms with van der Waals surface area (Å²) in [7, 11) is 1.96. The fourth-order valence-electron chi connectivity index (χ4n) is 2.19. The first-order chi connectivity index (χ1) is 9.13. The van der Waals surface area contributed by atoms with Crippen molar-refractivity contribution >= 4 is 28.2 Å². The molecule has 19 heavy (non-hydrogen) atoms. The topological polar surface area (TPSA) is 62.5 Å². The number of rotatable bonds is 3. The molecule has 1 aromatic rings. The van der Waals surface area contributed by atoms with Crippen molar-refractivity contribution in [2.24, 2.45) is 0 Å². The minimum atomic E-state index is 0.0488. The molecule has 0 aliphatic carbocycles. The third-order valence-electron chi connectivity index (χ3n) is 3.53. The lowest BCUT2D eigenvalue weighted by molar-refractivity contribution is 0.0767. The zero-order valence-corrected chi connectivity index (χ0v) is 12.5. The number of nitrogens with zero attached hydrogens (tertiary/aromatic N) is 3. The Bertz CT molecular complexity index is 438. The maximum atomic E-state index is 12.5. The Morgan fingerprint density at radius 2 is 2.00 bits per heavy atom. The van der Waals surface area contributed by atoms with Gasteiger partial charge in [-0.05, 0) is 19.8 Å². The highest BCUT2D eigenvalue weighted by Gasteiger charge is 2.23. The van der Waals surface area contributed by atoms with E-state index in [0.717, 1.165) is 37.6 Å². The predicted molar refractivity (Wildman–Crippen MR) is 79.8 cm³/mol. The van der Waals surface area contributed by atoms with Gasteiger partial charge in [-0.2, -0.15) is 0 Å². The average Bonchev–Trinajstić information content (AvgIpc) is 2.65. The fourth-order valence-corrected chi connectivity index (χ4v) is 3.17. The van der Waals surface area contributed by atoms with E-state index in [4.69, 9.17) is 5.73 Å². The second-order valence-corrected chi connectivity index (χ2v) is 5.91. The Kier molecular flexibility index (Phi) is 4.63. The average molecular weight is 282 g/mol. The molecule has 5 nitrogen and oxygen atoms in total. The van der Waals surface area contributed by atoms with Crippen LogP contribution in [0.1, 0.15) is 42.3 Å². The SMILES string of the molecule is CCN(C)c1nc(N)c(C(=O)N2CCCCCC2)s1. The summed E-state index contributed by atoms with van der Waals surface area (Å²) in [4.78, 5) is 21.3. The molecule has 0 atom stereocenters. The van der Waals surface area contributed by atoms with Crippen LogP contribution in [0.5, 0.6) is 0 Å². The Morgan fingerprint density at radius 1 is 1.37 bits per heavy atom. The van der Waals surface area contributed by atoms with Gasteiger partial charge in [0, 0.05) is 26.7 Å². The van der Waals surface area contributed by atoms with Gasteiger partial charge < -0.3 is 15.5 Å². The lowest BCUT2D eigenvalue weighted by Crippen LogP contribution is -2.31. The zero-order chi connectivity index (χ0) is 13.8. The van der Waals surface area contributed by atoms with Crippen LogP contribution in [0.4, 0.5) is 10.9 Å². The molecule has 1 fully saturated rings. The minimum Gasteiger partial charge on any atom is -0.382 e. The van der Waals surface area contributed by atoms with Gasteiger partial charge in [-0.1, -0.05) is 24.2 Å². The monoisotopic (exact) mass is 282 g/mol. The van der Waals surface area contributed by atoms with Gasteiger partial charge in [-0.3, -0.25) is 4.79 Å². The largest absolute Gasteiger partial charge is 0.382 e. The molecule has 2 rings (SSSR count). The van der Waals surface area contributed by atoms with Crippen LogP contribution in [0.3, 0.4) is 0 Å². The van der Waals surface area contributed by atoms with Crippen LogP contribution in [0.2, 0.25) is 0 Å². The molecule has 1 aliphatic heterocycles. The normalized spacial score (nSPS) is 16.2. The Morgan fingerprint density at radius 3 is 2.58 bits per heavy atom. The molecular formula is C13H22N4OS. The van der Waals surface area contributed by atoms with Crippen LogP contribution >= 0.6 is 11.3 Å². The van der Waals surface area contributed by atoms with Crippen molar-refractivity contribution in [2.45, 2.75) is 32.6 Å². The number of thiazole rings is 1. The summed E-state index contributed by atoms with van der Waals surface area (Å²) in [6.45, 7) is 4.59. The van der Waals surface area contributed by atoms with E-state index in [0.29, 0.717) is 10.7 Å². The van der Waals surface area contributed by atoms with Crippen molar-refractivity contribution in [1.82, 2.24) is 9.88 Å². The number of amides is 1. The summed E-state index contributed by atoms with van der Waals surface area (Å²) < 4.78 is 0. The van der Waals surface area contributed by atoms with E-state index < -0.39 is 0 Å². The molecular weight excluding hydrogens is 260 g/mol. The number of likely N-dealkylation sites (tertiary alicyclic amines) is 1.